The SMILES string of the molecule is c1ccc(C2=NC(c3cccc4oc5cc(-c6cccc7c6oc6ccccc67)ccc5c34)NC(c3ccc4c(ccc5ccccc54)c3)=N2)cc1. The molecule has 52 heavy (non-hydrogen) atoms. The molecule has 8 aromatic carbocycles. The molecule has 0 spiro atoms. The number of hydrogen-bond acceptors (Lipinski definition) is 5. The molecule has 1 unspecified atom stereocenters. The predicted octanol–water partition coefficient (Wildman–Crippen LogP) is 12.0. The van der Waals surface area contributed by atoms with Crippen molar-refractivity contribution in [1.82, 2.24) is 5.32 Å². The van der Waals surface area contributed by atoms with Crippen LogP contribution < -0.4 is 5.32 Å². The van der Waals surface area contributed by atoms with Crippen LogP contribution in [-0.4, -0.2) is 11.7 Å². The molecule has 0 saturated carbocycles. The van der Waals surface area contributed by atoms with Gasteiger partial charge < -0.3 is 14.2 Å². The number of rotatable bonds is 4. The van der Waals surface area contributed by atoms with Gasteiger partial charge in [-0.3, -0.25) is 0 Å². The van der Waals surface area contributed by atoms with Crippen molar-refractivity contribution in [3.05, 3.63) is 180 Å². The second kappa shape index (κ2) is 11.3. The van der Waals surface area contributed by atoms with E-state index in [4.69, 9.17) is 18.8 Å². The van der Waals surface area contributed by atoms with E-state index in [1.807, 2.05) is 48.5 Å². The minimum Gasteiger partial charge on any atom is -0.456 e. The Bertz CT molecular complexity index is 3110. The van der Waals surface area contributed by atoms with Crippen molar-refractivity contribution in [2.75, 3.05) is 0 Å². The molecule has 244 valence electrons. The molecule has 1 aliphatic rings. The van der Waals surface area contributed by atoms with Gasteiger partial charge in [0.1, 0.15) is 34.3 Å². The summed E-state index contributed by atoms with van der Waals surface area (Å²) in [6, 6.07) is 56.8. The van der Waals surface area contributed by atoms with Gasteiger partial charge in [0.05, 0.1) is 0 Å². The van der Waals surface area contributed by atoms with Crippen molar-refractivity contribution in [2.24, 2.45) is 9.98 Å². The van der Waals surface area contributed by atoms with Crippen LogP contribution in [0, 0.1) is 0 Å². The molecule has 5 nitrogen and oxygen atoms in total. The Morgan fingerprint density at radius 3 is 2.13 bits per heavy atom. The molecule has 0 amide bonds. The molecule has 10 aromatic rings. The summed E-state index contributed by atoms with van der Waals surface area (Å²) in [5.41, 5.74) is 8.45. The molecular formula is C47H29N3O2. The van der Waals surface area contributed by atoms with E-state index in [2.05, 4.69) is 121 Å². The molecule has 3 heterocycles. The Labute approximate surface area is 298 Å². The van der Waals surface area contributed by atoms with Crippen LogP contribution in [0.25, 0.3) is 76.5 Å². The molecule has 2 aromatic heterocycles. The largest absolute Gasteiger partial charge is 0.456 e. The summed E-state index contributed by atoms with van der Waals surface area (Å²) in [4.78, 5) is 10.3. The van der Waals surface area contributed by atoms with E-state index < -0.39 is 6.17 Å². The van der Waals surface area contributed by atoms with Gasteiger partial charge in [0.25, 0.3) is 0 Å². The molecule has 1 atom stereocenters. The molecule has 1 N–H and O–H groups in total. The first-order chi connectivity index (χ1) is 25.7. The number of fused-ring (bicyclic) bond motifs is 9. The third-order valence-electron chi connectivity index (χ3n) is 10.3. The molecule has 0 fully saturated rings. The maximum Gasteiger partial charge on any atom is 0.159 e. The Kier molecular flexibility index (Phi) is 6.25. The van der Waals surface area contributed by atoms with Gasteiger partial charge in [0.15, 0.2) is 5.84 Å². The Hall–Kier alpha value is -6.98. The van der Waals surface area contributed by atoms with Crippen molar-refractivity contribution >= 4 is 77.1 Å². The number of benzene rings is 8. The fourth-order valence-corrected chi connectivity index (χ4v) is 7.86. The molecular weight excluding hydrogens is 639 g/mol. The van der Waals surface area contributed by atoms with E-state index in [0.717, 1.165) is 82.9 Å². The summed E-state index contributed by atoms with van der Waals surface area (Å²) in [5, 5.41) is 12.9. The van der Waals surface area contributed by atoms with Gasteiger partial charge in [-0.25, -0.2) is 9.98 Å². The van der Waals surface area contributed by atoms with Crippen LogP contribution in [0.3, 0.4) is 0 Å². The zero-order valence-corrected chi connectivity index (χ0v) is 27.9. The summed E-state index contributed by atoms with van der Waals surface area (Å²) in [6.45, 7) is 0. The van der Waals surface area contributed by atoms with E-state index in [-0.39, 0.29) is 0 Å². The van der Waals surface area contributed by atoms with E-state index >= 15 is 0 Å². The van der Waals surface area contributed by atoms with E-state index in [9.17, 15) is 0 Å². The first-order valence-electron chi connectivity index (χ1n) is 17.5. The molecule has 5 heteroatoms. The number of nitrogens with one attached hydrogen (secondary N) is 1. The van der Waals surface area contributed by atoms with Gasteiger partial charge in [0.2, 0.25) is 0 Å². The standard InChI is InChI=1S/C47H29N3O2/c1-2-11-29(12-3-1)45-48-46(32-23-24-34-30(26-32)21-20-28-10-4-5-13-33(28)34)50-47(49-45)39-17-9-19-41-43(39)38-25-22-31(27-42(38)51-41)35-15-8-16-37-36-14-6-7-18-40(36)52-44(35)37/h1-27,47H,(H,48,49,50). The molecule has 0 radical (unpaired) electrons. The van der Waals surface area contributed by atoms with E-state index in [1.165, 1.54) is 16.2 Å². The summed E-state index contributed by atoms with van der Waals surface area (Å²) in [6.07, 6.45) is -0.400. The Morgan fingerprint density at radius 2 is 1.19 bits per heavy atom. The van der Waals surface area contributed by atoms with Crippen molar-refractivity contribution in [1.29, 1.82) is 0 Å². The topological polar surface area (TPSA) is 63.0 Å². The van der Waals surface area contributed by atoms with E-state index in [1.54, 1.807) is 0 Å². The van der Waals surface area contributed by atoms with Crippen molar-refractivity contribution in [3.63, 3.8) is 0 Å². The highest BCUT2D eigenvalue weighted by atomic mass is 16.3. The number of para-hydroxylation sites is 2. The third kappa shape index (κ3) is 4.49. The van der Waals surface area contributed by atoms with Gasteiger partial charge in [-0.1, -0.05) is 133 Å². The second-order valence-corrected chi connectivity index (χ2v) is 13.4. The Morgan fingerprint density at radius 1 is 0.462 bits per heavy atom. The third-order valence-corrected chi connectivity index (χ3v) is 10.3. The van der Waals surface area contributed by atoms with E-state index in [0.29, 0.717) is 5.84 Å². The van der Waals surface area contributed by atoms with Crippen molar-refractivity contribution < 1.29 is 8.83 Å². The molecule has 0 saturated heterocycles. The van der Waals surface area contributed by atoms with Crippen LogP contribution in [0.2, 0.25) is 0 Å². The second-order valence-electron chi connectivity index (χ2n) is 13.4. The fourth-order valence-electron chi connectivity index (χ4n) is 7.86. The quantitative estimate of drug-likeness (QED) is 0.190. The smallest absolute Gasteiger partial charge is 0.159 e. The summed E-state index contributed by atoms with van der Waals surface area (Å²) < 4.78 is 13.0. The van der Waals surface area contributed by atoms with Crippen molar-refractivity contribution in [3.8, 4) is 11.1 Å². The van der Waals surface area contributed by atoms with Crippen LogP contribution in [0.4, 0.5) is 0 Å². The minimum atomic E-state index is -0.400. The predicted molar refractivity (Wildman–Crippen MR) is 213 cm³/mol. The van der Waals surface area contributed by atoms with Gasteiger partial charge >= 0.3 is 0 Å². The van der Waals surface area contributed by atoms with Crippen LogP contribution in [0.5, 0.6) is 0 Å². The highest BCUT2D eigenvalue weighted by Gasteiger charge is 2.25. The lowest BCUT2D eigenvalue weighted by atomic mass is 9.98. The number of nitrogens with zero attached hydrogens (tertiary/aromatic N) is 2. The molecule has 0 bridgehead atoms. The lowest BCUT2D eigenvalue weighted by Crippen LogP contribution is -2.33. The number of furan rings is 2. The van der Waals surface area contributed by atoms with Crippen molar-refractivity contribution in [2.45, 2.75) is 6.17 Å². The Balaban J connectivity index is 1.04. The summed E-state index contributed by atoms with van der Waals surface area (Å²) in [7, 11) is 0. The average Bonchev–Trinajstić information content (AvgIpc) is 3.79. The summed E-state index contributed by atoms with van der Waals surface area (Å²) in [5.74, 6) is 1.46. The fraction of sp³-hybridized carbons (Fsp3) is 0.0213. The monoisotopic (exact) mass is 667 g/mol. The van der Waals surface area contributed by atoms with Crippen LogP contribution in [-0.2, 0) is 0 Å². The van der Waals surface area contributed by atoms with Crippen LogP contribution in [0.15, 0.2) is 183 Å². The lowest BCUT2D eigenvalue weighted by molar-refractivity contribution is 0.662. The number of hydrogen-bond donors (Lipinski definition) is 1. The van der Waals surface area contributed by atoms with Crippen LogP contribution in [0.1, 0.15) is 22.9 Å². The lowest BCUT2D eigenvalue weighted by Gasteiger charge is -2.24. The zero-order valence-electron chi connectivity index (χ0n) is 27.9. The highest BCUT2D eigenvalue weighted by Crippen LogP contribution is 2.40. The minimum absolute atomic E-state index is 0.400. The highest BCUT2D eigenvalue weighted by molar-refractivity contribution is 6.16. The number of amidine groups is 2. The number of aliphatic imine (C=N–C) groups is 2. The van der Waals surface area contributed by atoms with Gasteiger partial charge in [-0.2, -0.15) is 0 Å². The maximum absolute atomic E-state index is 6.59. The molecule has 1 aliphatic heterocycles. The van der Waals surface area contributed by atoms with Crippen LogP contribution >= 0.6 is 0 Å². The zero-order chi connectivity index (χ0) is 34.2. The first-order valence-corrected chi connectivity index (χ1v) is 17.5. The normalized spacial score (nSPS) is 14.7. The molecule has 0 aliphatic carbocycles. The van der Waals surface area contributed by atoms with Gasteiger partial charge in [-0.15, -0.1) is 0 Å². The average molecular weight is 668 g/mol. The van der Waals surface area contributed by atoms with Gasteiger partial charge in [-0.05, 0) is 57.4 Å². The maximum atomic E-state index is 6.59. The summed E-state index contributed by atoms with van der Waals surface area (Å²) >= 11 is 0. The molecule has 11 rings (SSSR count). The van der Waals surface area contributed by atoms with Gasteiger partial charge in [0, 0.05) is 43.8 Å². The first kappa shape index (κ1) is 28.8.